The van der Waals surface area contributed by atoms with Crippen molar-refractivity contribution in [1.82, 2.24) is 9.88 Å². The normalized spacial score (nSPS) is 12.3. The number of carbonyl (C=O) groups excluding carboxylic acids is 1. The highest BCUT2D eigenvalue weighted by Crippen LogP contribution is 2.22. The third-order valence-electron chi connectivity index (χ3n) is 4.49. The van der Waals surface area contributed by atoms with E-state index in [4.69, 9.17) is 9.47 Å². The van der Waals surface area contributed by atoms with Crippen LogP contribution in [0.25, 0.3) is 6.08 Å². The summed E-state index contributed by atoms with van der Waals surface area (Å²) < 4.78 is 25.8. The van der Waals surface area contributed by atoms with Gasteiger partial charge in [-0.3, -0.25) is 4.79 Å². The van der Waals surface area contributed by atoms with E-state index in [1.807, 2.05) is 32.9 Å². The monoisotopic (exact) mass is 399 g/mol. The Morgan fingerprint density at radius 3 is 2.79 bits per heavy atom. The quantitative estimate of drug-likeness (QED) is 0.397. The van der Waals surface area contributed by atoms with E-state index in [2.05, 4.69) is 9.88 Å². The second-order valence-electron chi connectivity index (χ2n) is 6.73. The van der Waals surface area contributed by atoms with Crippen LogP contribution in [0.5, 0.6) is 5.75 Å². The van der Waals surface area contributed by atoms with Crippen molar-refractivity contribution < 1.29 is 18.7 Å². The maximum Gasteiger partial charge on any atom is 0.262 e. The molecule has 0 saturated carbocycles. The molecule has 6 nitrogen and oxygen atoms in total. The summed E-state index contributed by atoms with van der Waals surface area (Å²) in [6.45, 7) is 6.90. The molecule has 7 heteroatoms. The summed E-state index contributed by atoms with van der Waals surface area (Å²) in [5.41, 5.74) is 2.81. The van der Waals surface area contributed by atoms with Crippen LogP contribution in [0.3, 0.4) is 0 Å². The Morgan fingerprint density at radius 2 is 2.14 bits per heavy atom. The molecule has 1 aromatic carbocycles. The number of halogens is 1. The molecule has 1 unspecified atom stereocenters. The summed E-state index contributed by atoms with van der Waals surface area (Å²) in [5, 5.41) is 12.1. The molecule has 0 aliphatic carbocycles. The number of aromatic nitrogens is 1. The first-order valence-electron chi connectivity index (χ1n) is 9.33. The zero-order valence-electron chi connectivity index (χ0n) is 17.2. The summed E-state index contributed by atoms with van der Waals surface area (Å²) in [4.78, 5) is 12.3. The van der Waals surface area contributed by atoms with Crippen LogP contribution in [0.4, 0.5) is 4.39 Å². The molecular formula is C22H26FN3O3. The molecule has 0 radical (unpaired) electrons. The highest BCUT2D eigenvalue weighted by atomic mass is 19.1. The van der Waals surface area contributed by atoms with E-state index in [0.717, 1.165) is 17.0 Å². The van der Waals surface area contributed by atoms with Gasteiger partial charge in [-0.25, -0.2) is 4.39 Å². The molecule has 0 aliphatic rings. The Balaban J connectivity index is 2.01. The Bertz CT molecular complexity index is 928. The van der Waals surface area contributed by atoms with Crippen molar-refractivity contribution >= 4 is 12.0 Å². The van der Waals surface area contributed by atoms with Gasteiger partial charge in [-0.2, -0.15) is 5.26 Å². The molecule has 0 spiro atoms. The molecule has 1 aromatic heterocycles. The topological polar surface area (TPSA) is 76.3 Å². The molecule has 1 atom stereocenters. The van der Waals surface area contributed by atoms with Gasteiger partial charge in [-0.05, 0) is 50.6 Å². The fraction of sp³-hybridized carbons (Fsp3) is 0.364. The number of nitrogens with one attached hydrogen (secondary N) is 1. The van der Waals surface area contributed by atoms with E-state index < -0.39 is 11.7 Å². The predicted molar refractivity (Wildman–Crippen MR) is 109 cm³/mol. The van der Waals surface area contributed by atoms with Crippen LogP contribution in [0.1, 0.15) is 29.9 Å². The molecule has 154 valence electrons. The summed E-state index contributed by atoms with van der Waals surface area (Å²) in [6, 6.07) is 9.80. The fourth-order valence-electron chi connectivity index (χ4n) is 3.23. The Kier molecular flexibility index (Phi) is 7.98. The lowest BCUT2D eigenvalue weighted by Crippen LogP contribution is -2.29. The number of nitrogens with zero attached hydrogens (tertiary/aromatic N) is 2. The van der Waals surface area contributed by atoms with Crippen LogP contribution in [-0.2, 0) is 9.53 Å². The van der Waals surface area contributed by atoms with Gasteiger partial charge < -0.3 is 19.4 Å². The number of hydrogen-bond donors (Lipinski definition) is 1. The highest BCUT2D eigenvalue weighted by Gasteiger charge is 2.15. The van der Waals surface area contributed by atoms with E-state index in [1.165, 1.54) is 12.1 Å². The molecule has 0 bridgehead atoms. The third kappa shape index (κ3) is 5.93. The molecule has 1 N–H and O–H groups in total. The molecule has 0 saturated heterocycles. The van der Waals surface area contributed by atoms with Crippen LogP contribution in [-0.4, -0.2) is 37.3 Å². The smallest absolute Gasteiger partial charge is 0.262 e. The molecule has 29 heavy (non-hydrogen) atoms. The van der Waals surface area contributed by atoms with Gasteiger partial charge in [0.15, 0.2) is 0 Å². The minimum atomic E-state index is -0.481. The first-order valence-corrected chi connectivity index (χ1v) is 9.33. The summed E-state index contributed by atoms with van der Waals surface area (Å²) >= 11 is 0. The van der Waals surface area contributed by atoms with Crippen molar-refractivity contribution in [1.29, 1.82) is 5.26 Å². The second-order valence-corrected chi connectivity index (χ2v) is 6.73. The van der Waals surface area contributed by atoms with Gasteiger partial charge >= 0.3 is 0 Å². The fourth-order valence-corrected chi connectivity index (χ4v) is 3.23. The molecular weight excluding hydrogens is 373 g/mol. The number of benzene rings is 1. The largest absolute Gasteiger partial charge is 0.492 e. The SMILES string of the molecule is COCC(C)n1c(C)cc(/C=C(\C#N)C(=O)NCCOc2cccc(F)c2)c1C. The number of nitriles is 1. The molecule has 0 fully saturated rings. The van der Waals surface area contributed by atoms with Crippen LogP contribution >= 0.6 is 0 Å². The van der Waals surface area contributed by atoms with Crippen LogP contribution in [0, 0.1) is 31.0 Å². The van der Waals surface area contributed by atoms with E-state index in [1.54, 1.807) is 25.3 Å². The number of amides is 1. The molecule has 1 amide bonds. The standard InChI is InChI=1S/C22H26FN3O3/c1-15-10-18(17(3)26(15)16(2)14-28-4)11-19(13-24)22(27)25-8-9-29-21-7-5-6-20(23)12-21/h5-7,10-12,16H,8-9,14H2,1-4H3,(H,25,27)/b19-11+. The van der Waals surface area contributed by atoms with Crippen molar-refractivity contribution in [3.63, 3.8) is 0 Å². The average Bonchev–Trinajstić information content (AvgIpc) is 2.96. The lowest BCUT2D eigenvalue weighted by atomic mass is 10.1. The van der Waals surface area contributed by atoms with Gasteiger partial charge in [0.05, 0.1) is 19.2 Å². The number of hydrogen-bond acceptors (Lipinski definition) is 4. The molecule has 2 rings (SSSR count). The number of carbonyl (C=O) groups is 1. The lowest BCUT2D eigenvalue weighted by molar-refractivity contribution is -0.117. The number of ether oxygens (including phenoxy) is 2. The molecule has 1 heterocycles. The van der Waals surface area contributed by atoms with Crippen LogP contribution < -0.4 is 10.1 Å². The number of aryl methyl sites for hydroxylation is 1. The Hall–Kier alpha value is -3.11. The zero-order valence-corrected chi connectivity index (χ0v) is 17.2. The van der Waals surface area contributed by atoms with Crippen molar-refractivity contribution in [2.45, 2.75) is 26.8 Å². The maximum atomic E-state index is 13.1. The van der Waals surface area contributed by atoms with Crippen molar-refractivity contribution in [2.75, 3.05) is 26.9 Å². The van der Waals surface area contributed by atoms with Crippen LogP contribution in [0.15, 0.2) is 35.9 Å². The third-order valence-corrected chi connectivity index (χ3v) is 4.49. The predicted octanol–water partition coefficient (Wildman–Crippen LogP) is 3.55. The van der Waals surface area contributed by atoms with E-state index in [0.29, 0.717) is 12.4 Å². The number of rotatable bonds is 9. The van der Waals surface area contributed by atoms with Gasteiger partial charge in [0.25, 0.3) is 5.91 Å². The van der Waals surface area contributed by atoms with E-state index in [9.17, 15) is 14.4 Å². The number of methoxy groups -OCH3 is 1. The van der Waals surface area contributed by atoms with Gasteiger partial charge in [0.1, 0.15) is 29.8 Å². The average molecular weight is 399 g/mol. The Labute approximate surface area is 170 Å². The zero-order chi connectivity index (χ0) is 21.4. The Morgan fingerprint density at radius 1 is 1.38 bits per heavy atom. The molecule has 2 aromatic rings. The first-order chi connectivity index (χ1) is 13.9. The van der Waals surface area contributed by atoms with Gasteiger partial charge in [-0.15, -0.1) is 0 Å². The highest BCUT2D eigenvalue weighted by molar-refractivity contribution is 6.01. The summed E-state index contributed by atoms with van der Waals surface area (Å²) in [7, 11) is 1.65. The first kappa shape index (κ1) is 22.2. The van der Waals surface area contributed by atoms with E-state index in [-0.39, 0.29) is 24.8 Å². The van der Waals surface area contributed by atoms with Crippen molar-refractivity contribution in [2.24, 2.45) is 0 Å². The van der Waals surface area contributed by atoms with Crippen molar-refractivity contribution in [3.05, 3.63) is 58.7 Å². The van der Waals surface area contributed by atoms with Crippen LogP contribution in [0.2, 0.25) is 0 Å². The van der Waals surface area contributed by atoms with Gasteiger partial charge in [0, 0.05) is 24.6 Å². The van der Waals surface area contributed by atoms with Crippen molar-refractivity contribution in [3.8, 4) is 11.8 Å². The second kappa shape index (κ2) is 10.4. The molecule has 0 aliphatic heterocycles. The van der Waals surface area contributed by atoms with Gasteiger partial charge in [0.2, 0.25) is 0 Å². The summed E-state index contributed by atoms with van der Waals surface area (Å²) in [5.74, 6) is -0.489. The van der Waals surface area contributed by atoms with Gasteiger partial charge in [-0.1, -0.05) is 6.07 Å². The maximum absolute atomic E-state index is 13.1. The summed E-state index contributed by atoms with van der Waals surface area (Å²) in [6.07, 6.45) is 1.58. The minimum absolute atomic E-state index is 0.00963. The lowest BCUT2D eigenvalue weighted by Gasteiger charge is -2.17. The van der Waals surface area contributed by atoms with E-state index >= 15 is 0 Å². The minimum Gasteiger partial charge on any atom is -0.492 e.